The highest BCUT2D eigenvalue weighted by molar-refractivity contribution is 5.81. The van der Waals surface area contributed by atoms with Crippen molar-refractivity contribution in [3.8, 4) is 0 Å². The fourth-order valence-electron chi connectivity index (χ4n) is 1.50. The van der Waals surface area contributed by atoms with Gasteiger partial charge in [-0.15, -0.1) is 0 Å². The first-order valence-corrected chi connectivity index (χ1v) is 4.66. The zero-order valence-corrected chi connectivity index (χ0v) is 8.79. The molecule has 84 valence electrons. The second-order valence-corrected chi connectivity index (χ2v) is 3.47. The number of rotatable bonds is 3. The Bertz CT molecular complexity index is 534. The Morgan fingerprint density at radius 2 is 2.38 bits per heavy atom. The van der Waals surface area contributed by atoms with Crippen molar-refractivity contribution in [3.05, 3.63) is 18.6 Å². The molecule has 0 aliphatic rings. The monoisotopic (exact) mass is 220 g/mol. The zero-order valence-electron chi connectivity index (χ0n) is 8.79. The molecule has 0 unspecified atom stereocenters. The Labute approximate surface area is 91.7 Å². The van der Waals surface area contributed by atoms with E-state index in [9.17, 15) is 4.79 Å². The third-order valence-electron chi connectivity index (χ3n) is 2.13. The molecule has 0 aliphatic heterocycles. The number of primary amides is 1. The van der Waals surface area contributed by atoms with Crippen molar-refractivity contribution in [2.75, 3.05) is 24.2 Å². The van der Waals surface area contributed by atoms with E-state index in [4.69, 9.17) is 11.5 Å². The first-order valence-electron chi connectivity index (χ1n) is 4.66. The van der Waals surface area contributed by atoms with E-state index >= 15 is 0 Å². The number of nitrogens with two attached hydrogens (primary N) is 2. The number of likely N-dealkylation sites (N-methyl/N-ethyl adjacent to an activating group) is 1. The van der Waals surface area contributed by atoms with Crippen molar-refractivity contribution in [1.82, 2.24) is 14.4 Å². The van der Waals surface area contributed by atoms with E-state index in [-0.39, 0.29) is 6.54 Å². The SMILES string of the molecule is CN(CC(N)=O)c1nc(N)cn2ccnc12. The van der Waals surface area contributed by atoms with Gasteiger partial charge in [0, 0.05) is 19.4 Å². The van der Waals surface area contributed by atoms with Crippen molar-refractivity contribution in [2.45, 2.75) is 0 Å². The van der Waals surface area contributed by atoms with Crippen LogP contribution in [0.2, 0.25) is 0 Å². The van der Waals surface area contributed by atoms with Crippen LogP contribution in [-0.2, 0) is 4.79 Å². The molecule has 4 N–H and O–H groups in total. The minimum atomic E-state index is -0.434. The highest BCUT2D eigenvalue weighted by Crippen LogP contribution is 2.17. The molecule has 2 aromatic rings. The number of fused-ring (bicyclic) bond motifs is 1. The molecule has 0 saturated heterocycles. The molecule has 0 bridgehead atoms. The molecular weight excluding hydrogens is 208 g/mol. The number of nitrogens with zero attached hydrogens (tertiary/aromatic N) is 4. The normalized spacial score (nSPS) is 10.6. The molecule has 0 spiro atoms. The minimum Gasteiger partial charge on any atom is -0.382 e. The van der Waals surface area contributed by atoms with Gasteiger partial charge in [0.15, 0.2) is 11.5 Å². The molecule has 0 atom stereocenters. The Hall–Kier alpha value is -2.31. The van der Waals surface area contributed by atoms with Gasteiger partial charge in [0.1, 0.15) is 5.82 Å². The molecule has 7 nitrogen and oxygen atoms in total. The maximum absolute atomic E-state index is 10.8. The van der Waals surface area contributed by atoms with Crippen LogP contribution >= 0.6 is 0 Å². The lowest BCUT2D eigenvalue weighted by Gasteiger charge is -2.16. The minimum absolute atomic E-state index is 0.0684. The van der Waals surface area contributed by atoms with Crippen LogP contribution < -0.4 is 16.4 Å². The van der Waals surface area contributed by atoms with Crippen LogP contribution in [0.15, 0.2) is 18.6 Å². The number of carbonyl (C=O) groups is 1. The molecule has 0 aliphatic carbocycles. The van der Waals surface area contributed by atoms with Gasteiger partial charge >= 0.3 is 0 Å². The molecule has 0 aromatic carbocycles. The third-order valence-corrected chi connectivity index (χ3v) is 2.13. The quantitative estimate of drug-likeness (QED) is 0.707. The molecule has 0 saturated carbocycles. The predicted molar refractivity (Wildman–Crippen MR) is 59.9 cm³/mol. The van der Waals surface area contributed by atoms with Crippen molar-refractivity contribution >= 4 is 23.2 Å². The lowest BCUT2D eigenvalue weighted by molar-refractivity contribution is -0.116. The molecule has 2 heterocycles. The van der Waals surface area contributed by atoms with Gasteiger partial charge in [0.2, 0.25) is 5.91 Å². The topological polar surface area (TPSA) is 103 Å². The molecule has 7 heteroatoms. The second kappa shape index (κ2) is 3.69. The number of carbonyl (C=O) groups excluding carboxylic acids is 1. The van der Waals surface area contributed by atoms with Crippen molar-refractivity contribution in [2.24, 2.45) is 5.73 Å². The summed E-state index contributed by atoms with van der Waals surface area (Å²) in [5.41, 5.74) is 11.4. The number of imidazole rings is 1. The van der Waals surface area contributed by atoms with Crippen LogP contribution in [0.1, 0.15) is 0 Å². The van der Waals surface area contributed by atoms with Gasteiger partial charge in [-0.25, -0.2) is 9.97 Å². The average molecular weight is 220 g/mol. The van der Waals surface area contributed by atoms with E-state index in [1.165, 1.54) is 0 Å². The maximum atomic E-state index is 10.8. The summed E-state index contributed by atoms with van der Waals surface area (Å²) in [6.45, 7) is 0.0684. The van der Waals surface area contributed by atoms with Crippen LogP contribution in [0.5, 0.6) is 0 Å². The summed E-state index contributed by atoms with van der Waals surface area (Å²) in [5.74, 6) is 0.456. The van der Waals surface area contributed by atoms with Crippen molar-refractivity contribution in [1.29, 1.82) is 0 Å². The van der Waals surface area contributed by atoms with Gasteiger partial charge in [0.25, 0.3) is 0 Å². The number of hydrogen-bond donors (Lipinski definition) is 2. The second-order valence-electron chi connectivity index (χ2n) is 3.47. The standard InChI is InChI=1S/C9H12N6O/c1-14(5-7(11)16)9-8-12-2-3-15(8)4-6(10)13-9/h2-4H,5,10H2,1H3,(H2,11,16). The predicted octanol–water partition coefficient (Wildman–Crippen LogP) is -0.767. The number of hydrogen-bond acceptors (Lipinski definition) is 5. The van der Waals surface area contributed by atoms with Crippen LogP contribution in [0, 0.1) is 0 Å². The van der Waals surface area contributed by atoms with E-state index < -0.39 is 5.91 Å². The van der Waals surface area contributed by atoms with Crippen molar-refractivity contribution < 1.29 is 4.79 Å². The highest BCUT2D eigenvalue weighted by atomic mass is 16.1. The van der Waals surface area contributed by atoms with E-state index in [0.717, 1.165) is 0 Å². The van der Waals surface area contributed by atoms with Gasteiger partial charge in [0.05, 0.1) is 12.7 Å². The molecular formula is C9H12N6O. The lowest BCUT2D eigenvalue weighted by atomic mass is 10.4. The summed E-state index contributed by atoms with van der Waals surface area (Å²) in [7, 11) is 1.71. The summed E-state index contributed by atoms with van der Waals surface area (Å²) < 4.78 is 1.75. The van der Waals surface area contributed by atoms with E-state index in [1.807, 2.05) is 0 Å². The van der Waals surface area contributed by atoms with Crippen LogP contribution in [-0.4, -0.2) is 33.9 Å². The summed E-state index contributed by atoms with van der Waals surface area (Å²) >= 11 is 0. The van der Waals surface area contributed by atoms with E-state index in [0.29, 0.717) is 17.3 Å². The van der Waals surface area contributed by atoms with Crippen LogP contribution in [0.25, 0.3) is 5.65 Å². The third kappa shape index (κ3) is 1.74. The fraction of sp³-hybridized carbons (Fsp3) is 0.222. The van der Waals surface area contributed by atoms with Crippen LogP contribution in [0.3, 0.4) is 0 Å². The first-order chi connectivity index (χ1) is 7.58. The largest absolute Gasteiger partial charge is 0.382 e. The van der Waals surface area contributed by atoms with Gasteiger partial charge < -0.3 is 20.8 Å². The molecule has 16 heavy (non-hydrogen) atoms. The zero-order chi connectivity index (χ0) is 11.7. The maximum Gasteiger partial charge on any atom is 0.236 e. The number of amides is 1. The van der Waals surface area contributed by atoms with E-state index in [1.54, 1.807) is 34.9 Å². The summed E-state index contributed by atoms with van der Waals surface area (Å²) in [6, 6.07) is 0. The lowest BCUT2D eigenvalue weighted by Crippen LogP contribution is -2.31. The van der Waals surface area contributed by atoms with E-state index in [2.05, 4.69) is 9.97 Å². The van der Waals surface area contributed by atoms with Gasteiger partial charge in [-0.2, -0.15) is 0 Å². The number of nitrogen functional groups attached to an aromatic ring is 1. The molecule has 0 radical (unpaired) electrons. The Balaban J connectivity index is 2.49. The first kappa shape index (κ1) is 10.2. The summed E-state index contributed by atoms with van der Waals surface area (Å²) in [4.78, 5) is 20.7. The highest BCUT2D eigenvalue weighted by Gasteiger charge is 2.12. The van der Waals surface area contributed by atoms with Crippen LogP contribution in [0.4, 0.5) is 11.6 Å². The smallest absolute Gasteiger partial charge is 0.236 e. The molecule has 2 aromatic heterocycles. The average Bonchev–Trinajstić information content (AvgIpc) is 2.62. The Kier molecular flexibility index (Phi) is 2.35. The van der Waals surface area contributed by atoms with Gasteiger partial charge in [-0.05, 0) is 0 Å². The number of aromatic nitrogens is 3. The molecule has 0 fully saturated rings. The van der Waals surface area contributed by atoms with Gasteiger partial charge in [-0.3, -0.25) is 4.79 Å². The number of anilines is 2. The fourth-order valence-corrected chi connectivity index (χ4v) is 1.50. The molecule has 2 rings (SSSR count). The Morgan fingerprint density at radius 3 is 3.06 bits per heavy atom. The van der Waals surface area contributed by atoms with Gasteiger partial charge in [-0.1, -0.05) is 0 Å². The summed E-state index contributed by atoms with van der Waals surface area (Å²) in [6.07, 6.45) is 5.05. The summed E-state index contributed by atoms with van der Waals surface area (Å²) in [5, 5.41) is 0. The van der Waals surface area contributed by atoms with Crippen molar-refractivity contribution in [3.63, 3.8) is 0 Å². The molecule has 1 amide bonds. The Morgan fingerprint density at radius 1 is 1.62 bits per heavy atom.